The Morgan fingerprint density at radius 2 is 1.69 bits per heavy atom. The number of benzene rings is 2. The van der Waals surface area contributed by atoms with Crippen molar-refractivity contribution in [2.75, 3.05) is 23.7 Å². The summed E-state index contributed by atoms with van der Waals surface area (Å²) in [4.78, 5) is 27.2. The van der Waals surface area contributed by atoms with Crippen molar-refractivity contribution in [2.24, 2.45) is 0 Å². The maximum absolute atomic E-state index is 13.7. The van der Waals surface area contributed by atoms with Gasteiger partial charge in [-0.3, -0.25) is 13.9 Å². The van der Waals surface area contributed by atoms with Crippen molar-refractivity contribution in [3.8, 4) is 0 Å². The number of hydrogen-bond donors (Lipinski definition) is 1. The molecule has 0 saturated heterocycles. The van der Waals surface area contributed by atoms with Crippen LogP contribution in [0.3, 0.4) is 0 Å². The Labute approximate surface area is 187 Å². The van der Waals surface area contributed by atoms with E-state index in [0.717, 1.165) is 22.7 Å². The van der Waals surface area contributed by atoms with Crippen LogP contribution < -0.4 is 9.62 Å². The van der Waals surface area contributed by atoms with Crippen LogP contribution in [0.15, 0.2) is 48.5 Å². The van der Waals surface area contributed by atoms with Crippen LogP contribution in [0.5, 0.6) is 0 Å². The van der Waals surface area contributed by atoms with Gasteiger partial charge in [0.25, 0.3) is 0 Å². The molecular formula is C22H27F2N3O4S. The minimum absolute atomic E-state index is 0.00589. The van der Waals surface area contributed by atoms with Crippen molar-refractivity contribution >= 4 is 27.5 Å². The number of hydrogen-bond acceptors (Lipinski definition) is 4. The Morgan fingerprint density at radius 1 is 1.03 bits per heavy atom. The van der Waals surface area contributed by atoms with Gasteiger partial charge in [0.2, 0.25) is 21.8 Å². The van der Waals surface area contributed by atoms with Gasteiger partial charge in [-0.15, -0.1) is 0 Å². The summed E-state index contributed by atoms with van der Waals surface area (Å²) in [5.41, 5.74) is 0.563. The summed E-state index contributed by atoms with van der Waals surface area (Å²) in [5.74, 6) is -2.14. The summed E-state index contributed by atoms with van der Waals surface area (Å²) in [6.07, 6.45) is 1.19. The lowest BCUT2D eigenvalue weighted by Gasteiger charge is -2.32. The highest BCUT2D eigenvalue weighted by molar-refractivity contribution is 7.92. The Morgan fingerprint density at radius 3 is 2.22 bits per heavy atom. The average Bonchev–Trinajstić information content (AvgIpc) is 2.72. The van der Waals surface area contributed by atoms with Gasteiger partial charge in [-0.1, -0.05) is 25.1 Å². The molecule has 0 bridgehead atoms. The molecule has 0 heterocycles. The number of likely N-dealkylation sites (N-methyl/N-ethyl adjacent to an activating group) is 1. The van der Waals surface area contributed by atoms with E-state index in [9.17, 15) is 26.8 Å². The Balaban J connectivity index is 2.42. The number of carbonyl (C=O) groups excluding carboxylic acids is 2. The summed E-state index contributed by atoms with van der Waals surface area (Å²) >= 11 is 0. The zero-order valence-corrected chi connectivity index (χ0v) is 19.0. The molecule has 2 aromatic rings. The van der Waals surface area contributed by atoms with Crippen LogP contribution in [0, 0.1) is 11.6 Å². The lowest BCUT2D eigenvalue weighted by Crippen LogP contribution is -2.52. The maximum atomic E-state index is 13.7. The predicted molar refractivity (Wildman–Crippen MR) is 118 cm³/mol. The van der Waals surface area contributed by atoms with E-state index in [4.69, 9.17) is 0 Å². The van der Waals surface area contributed by atoms with Crippen molar-refractivity contribution in [3.63, 3.8) is 0 Å². The van der Waals surface area contributed by atoms with Crippen LogP contribution in [0.25, 0.3) is 0 Å². The smallest absolute Gasteiger partial charge is 0.244 e. The third-order valence-electron chi connectivity index (χ3n) is 4.78. The molecular weight excluding hydrogens is 440 g/mol. The molecule has 0 radical (unpaired) electrons. The van der Waals surface area contributed by atoms with E-state index in [1.807, 2.05) is 0 Å². The molecule has 0 aliphatic rings. The van der Waals surface area contributed by atoms with Crippen molar-refractivity contribution in [1.82, 2.24) is 10.2 Å². The van der Waals surface area contributed by atoms with Gasteiger partial charge in [-0.25, -0.2) is 17.2 Å². The van der Waals surface area contributed by atoms with Gasteiger partial charge >= 0.3 is 0 Å². The number of sulfonamides is 1. The summed E-state index contributed by atoms with van der Waals surface area (Å²) < 4.78 is 52.6. The van der Waals surface area contributed by atoms with Gasteiger partial charge in [0.1, 0.15) is 24.2 Å². The topological polar surface area (TPSA) is 86.8 Å². The highest BCUT2D eigenvalue weighted by Gasteiger charge is 2.31. The largest absolute Gasteiger partial charge is 0.355 e. The number of anilines is 1. The van der Waals surface area contributed by atoms with Crippen molar-refractivity contribution in [1.29, 1.82) is 0 Å². The Hall–Kier alpha value is -3.01. The molecule has 0 aromatic heterocycles. The van der Waals surface area contributed by atoms with E-state index in [2.05, 4.69) is 5.32 Å². The number of carbonyl (C=O) groups is 2. The normalized spacial score (nSPS) is 12.2. The van der Waals surface area contributed by atoms with E-state index in [1.54, 1.807) is 13.8 Å². The summed E-state index contributed by atoms with van der Waals surface area (Å²) in [6, 6.07) is 9.47. The van der Waals surface area contributed by atoms with Gasteiger partial charge < -0.3 is 10.2 Å². The molecule has 0 unspecified atom stereocenters. The van der Waals surface area contributed by atoms with Crippen molar-refractivity contribution in [2.45, 2.75) is 32.9 Å². The van der Waals surface area contributed by atoms with Crippen LogP contribution in [0.2, 0.25) is 0 Å². The highest BCUT2D eigenvalue weighted by atomic mass is 32.2. The lowest BCUT2D eigenvalue weighted by molar-refractivity contribution is -0.140. The number of halogens is 2. The minimum Gasteiger partial charge on any atom is -0.355 e. The molecule has 1 N–H and O–H groups in total. The molecule has 10 heteroatoms. The average molecular weight is 468 g/mol. The monoisotopic (exact) mass is 467 g/mol. The Kier molecular flexibility index (Phi) is 8.71. The third kappa shape index (κ3) is 6.74. The molecule has 32 heavy (non-hydrogen) atoms. The minimum atomic E-state index is -3.94. The Bertz CT molecular complexity index is 1050. The van der Waals surface area contributed by atoms with Gasteiger partial charge in [0.15, 0.2) is 0 Å². The highest BCUT2D eigenvalue weighted by Crippen LogP contribution is 2.20. The molecule has 1 atom stereocenters. The molecule has 7 nitrogen and oxygen atoms in total. The molecule has 0 aliphatic heterocycles. The zero-order valence-electron chi connectivity index (χ0n) is 18.2. The molecule has 0 aliphatic carbocycles. The van der Waals surface area contributed by atoms with Gasteiger partial charge in [-0.2, -0.15) is 0 Å². The maximum Gasteiger partial charge on any atom is 0.244 e. The molecule has 174 valence electrons. The van der Waals surface area contributed by atoms with E-state index < -0.39 is 40.2 Å². The first kappa shape index (κ1) is 25.3. The second-order valence-corrected chi connectivity index (χ2v) is 9.12. The molecule has 2 aromatic carbocycles. The van der Waals surface area contributed by atoms with Gasteiger partial charge in [-0.05, 0) is 49.2 Å². The molecule has 0 spiro atoms. The number of nitrogens with one attached hydrogen (secondary N) is 1. The summed E-state index contributed by atoms with van der Waals surface area (Å²) in [5, 5.41) is 2.68. The fraction of sp³-hybridized carbons (Fsp3) is 0.364. The molecule has 0 fully saturated rings. The van der Waals surface area contributed by atoms with E-state index in [1.165, 1.54) is 41.3 Å². The summed E-state index contributed by atoms with van der Waals surface area (Å²) in [7, 11) is -3.94. The van der Waals surface area contributed by atoms with Gasteiger partial charge in [0, 0.05) is 13.1 Å². The van der Waals surface area contributed by atoms with E-state index in [0.29, 0.717) is 12.1 Å². The lowest BCUT2D eigenvalue weighted by atomic mass is 10.1. The van der Waals surface area contributed by atoms with Crippen LogP contribution in [0.1, 0.15) is 25.8 Å². The van der Waals surface area contributed by atoms with E-state index >= 15 is 0 Å². The molecule has 2 rings (SSSR count). The zero-order chi connectivity index (χ0) is 23.9. The first-order valence-corrected chi connectivity index (χ1v) is 12.0. The first-order valence-electron chi connectivity index (χ1n) is 10.1. The van der Waals surface area contributed by atoms with Crippen LogP contribution >= 0.6 is 0 Å². The van der Waals surface area contributed by atoms with Crippen LogP contribution in [-0.2, 0) is 26.2 Å². The van der Waals surface area contributed by atoms with Crippen molar-refractivity contribution in [3.05, 3.63) is 65.7 Å². The van der Waals surface area contributed by atoms with E-state index in [-0.39, 0.29) is 24.6 Å². The second kappa shape index (κ2) is 11.0. The fourth-order valence-electron chi connectivity index (χ4n) is 3.24. The second-order valence-electron chi connectivity index (χ2n) is 7.22. The third-order valence-corrected chi connectivity index (χ3v) is 5.92. The number of rotatable bonds is 10. The number of amides is 2. The van der Waals surface area contributed by atoms with Crippen molar-refractivity contribution < 1.29 is 26.8 Å². The number of nitrogens with zero attached hydrogens (tertiary/aromatic N) is 2. The predicted octanol–water partition coefficient (Wildman–Crippen LogP) is 2.67. The fourth-order valence-corrected chi connectivity index (χ4v) is 4.08. The van der Waals surface area contributed by atoms with Gasteiger partial charge in [0.05, 0.1) is 11.9 Å². The molecule has 0 saturated carbocycles. The quantitative estimate of drug-likeness (QED) is 0.582. The van der Waals surface area contributed by atoms with Crippen LogP contribution in [-0.4, -0.2) is 50.5 Å². The van der Waals surface area contributed by atoms with Crippen LogP contribution in [0.4, 0.5) is 14.5 Å². The first-order chi connectivity index (χ1) is 15.1. The SMILES string of the molecule is CCNC(=O)[C@H](CC)N(Cc1ccc(F)cc1)C(=O)CN(c1cccc(F)c1)S(C)(=O)=O. The summed E-state index contributed by atoms with van der Waals surface area (Å²) in [6.45, 7) is 3.17. The standard InChI is InChI=1S/C22H27F2N3O4S/c1-4-20(22(29)25-5-2)26(14-16-9-11-17(23)12-10-16)21(28)15-27(32(3,30)31)19-8-6-7-18(24)13-19/h6-13,20H,4-5,14-15H2,1-3H3,(H,25,29)/t20-/m0/s1. The molecule has 2 amide bonds.